The lowest BCUT2D eigenvalue weighted by Gasteiger charge is -2.20. The molecule has 3 aromatic carbocycles. The average molecular weight is 459 g/mol. The van der Waals surface area contributed by atoms with Crippen molar-refractivity contribution in [3.05, 3.63) is 88.5 Å². The van der Waals surface area contributed by atoms with Crippen molar-refractivity contribution < 1.29 is 14.3 Å². The molecule has 0 aromatic heterocycles. The normalized spacial score (nSPS) is 10.9. The smallest absolute Gasteiger partial charge is 0.262 e. The summed E-state index contributed by atoms with van der Waals surface area (Å²) < 4.78 is 5.62. The van der Waals surface area contributed by atoms with Crippen molar-refractivity contribution in [1.29, 1.82) is 0 Å². The Balaban J connectivity index is 1.64. The molecule has 0 radical (unpaired) electrons. The summed E-state index contributed by atoms with van der Waals surface area (Å²) in [5.41, 5.74) is 6.59. The van der Waals surface area contributed by atoms with Crippen LogP contribution in [0.4, 0.5) is 11.4 Å². The lowest BCUT2D eigenvalue weighted by atomic mass is 9.92. The number of anilines is 2. The van der Waals surface area contributed by atoms with Crippen molar-refractivity contribution in [3.8, 4) is 5.75 Å². The topological polar surface area (TPSA) is 67.4 Å². The highest BCUT2D eigenvalue weighted by Crippen LogP contribution is 2.32. The fraction of sp³-hybridized carbons (Fsp3) is 0.310. The van der Waals surface area contributed by atoms with Crippen LogP contribution >= 0.6 is 0 Å². The van der Waals surface area contributed by atoms with Crippen LogP contribution < -0.4 is 15.4 Å². The van der Waals surface area contributed by atoms with Crippen LogP contribution in [0.1, 0.15) is 72.1 Å². The van der Waals surface area contributed by atoms with E-state index in [-0.39, 0.29) is 18.4 Å². The molecule has 2 N–H and O–H groups in total. The lowest BCUT2D eigenvalue weighted by Crippen LogP contribution is -2.21. The predicted octanol–water partition coefficient (Wildman–Crippen LogP) is 6.82. The van der Waals surface area contributed by atoms with Crippen molar-refractivity contribution in [2.45, 2.75) is 53.4 Å². The summed E-state index contributed by atoms with van der Waals surface area (Å²) in [6.07, 6.45) is 0. The number of rotatable bonds is 8. The Kier molecular flexibility index (Phi) is 8.11. The van der Waals surface area contributed by atoms with Gasteiger partial charge in [-0.1, -0.05) is 58.0 Å². The number of amides is 2. The zero-order chi connectivity index (χ0) is 24.8. The summed E-state index contributed by atoms with van der Waals surface area (Å²) in [5, 5.41) is 6.00. The molecule has 0 aliphatic heterocycles. The Bertz CT molecular complexity index is 1140. The van der Waals surface area contributed by atoms with Crippen LogP contribution in [-0.4, -0.2) is 18.4 Å². The molecular formula is C29H34N2O3. The van der Waals surface area contributed by atoms with E-state index in [9.17, 15) is 9.59 Å². The fourth-order valence-electron chi connectivity index (χ4n) is 3.81. The molecular weight excluding hydrogens is 424 g/mol. The molecule has 0 aliphatic rings. The first-order valence-corrected chi connectivity index (χ1v) is 11.7. The summed E-state index contributed by atoms with van der Waals surface area (Å²) in [6, 6.07) is 18.8. The molecule has 0 saturated heterocycles. The summed E-state index contributed by atoms with van der Waals surface area (Å²) in [6.45, 7) is 12.4. The van der Waals surface area contributed by atoms with Crippen molar-refractivity contribution in [2.75, 3.05) is 17.2 Å². The fourth-order valence-corrected chi connectivity index (χ4v) is 3.81. The Morgan fingerprint density at radius 1 is 0.794 bits per heavy atom. The maximum atomic E-state index is 13.0. The van der Waals surface area contributed by atoms with E-state index in [1.165, 1.54) is 0 Å². The molecule has 0 unspecified atom stereocenters. The average Bonchev–Trinajstić information content (AvgIpc) is 2.80. The third kappa shape index (κ3) is 6.04. The van der Waals surface area contributed by atoms with Crippen molar-refractivity contribution in [2.24, 2.45) is 0 Å². The predicted molar refractivity (Wildman–Crippen MR) is 139 cm³/mol. The number of para-hydroxylation sites is 1. The Hall–Kier alpha value is -3.60. The molecule has 0 heterocycles. The maximum Gasteiger partial charge on any atom is 0.262 e. The Labute approximate surface area is 202 Å². The molecule has 34 heavy (non-hydrogen) atoms. The second-order valence-corrected chi connectivity index (χ2v) is 9.18. The number of nitrogens with one attached hydrogen (secondary N) is 2. The number of ether oxygens (including phenoxy) is 1. The van der Waals surface area contributed by atoms with Gasteiger partial charge in [0.05, 0.1) is 0 Å². The van der Waals surface area contributed by atoms with Gasteiger partial charge in [0.25, 0.3) is 11.8 Å². The van der Waals surface area contributed by atoms with Gasteiger partial charge >= 0.3 is 0 Å². The van der Waals surface area contributed by atoms with E-state index in [1.807, 2.05) is 38.1 Å². The molecule has 5 heteroatoms. The summed E-state index contributed by atoms with van der Waals surface area (Å²) in [4.78, 5) is 25.3. The number of hydrogen-bond donors (Lipinski definition) is 2. The second-order valence-electron chi connectivity index (χ2n) is 9.18. The number of carbonyl (C=O) groups is 2. The summed E-state index contributed by atoms with van der Waals surface area (Å²) >= 11 is 0. The van der Waals surface area contributed by atoms with Gasteiger partial charge in [0.2, 0.25) is 0 Å². The van der Waals surface area contributed by atoms with E-state index in [1.54, 1.807) is 24.3 Å². The van der Waals surface area contributed by atoms with Crippen LogP contribution in [-0.2, 0) is 4.79 Å². The van der Waals surface area contributed by atoms with Crippen LogP contribution in [0.5, 0.6) is 5.75 Å². The molecule has 0 aliphatic carbocycles. The summed E-state index contributed by atoms with van der Waals surface area (Å²) in [5.74, 6) is 0.702. The molecule has 2 amide bonds. The molecule has 5 nitrogen and oxygen atoms in total. The van der Waals surface area contributed by atoms with Crippen LogP contribution in [0, 0.1) is 13.8 Å². The second kappa shape index (κ2) is 11.0. The largest absolute Gasteiger partial charge is 0.484 e. The van der Waals surface area contributed by atoms with Gasteiger partial charge in [-0.25, -0.2) is 0 Å². The Morgan fingerprint density at radius 3 is 1.97 bits per heavy atom. The van der Waals surface area contributed by atoms with E-state index in [0.29, 0.717) is 23.1 Å². The van der Waals surface area contributed by atoms with Gasteiger partial charge in [-0.15, -0.1) is 0 Å². The van der Waals surface area contributed by atoms with E-state index in [4.69, 9.17) is 4.74 Å². The lowest BCUT2D eigenvalue weighted by molar-refractivity contribution is -0.118. The highest BCUT2D eigenvalue weighted by atomic mass is 16.5. The zero-order valence-corrected chi connectivity index (χ0v) is 20.9. The standard InChI is InChI=1S/C29H34N2O3/c1-18(2)24-10-8-11-25(19(3)4)28(24)31-29(33)22-13-15-23(16-14-22)34-17-27(32)30-26-12-7-9-20(5)21(26)6/h7-16,18-19H,17H2,1-6H3,(H,30,32)(H,31,33). The molecule has 0 spiro atoms. The first-order valence-electron chi connectivity index (χ1n) is 11.7. The van der Waals surface area contributed by atoms with Crippen molar-refractivity contribution in [1.82, 2.24) is 0 Å². The van der Waals surface area contributed by atoms with Crippen LogP contribution in [0.15, 0.2) is 60.7 Å². The highest BCUT2D eigenvalue weighted by Gasteiger charge is 2.17. The van der Waals surface area contributed by atoms with Gasteiger partial charge in [-0.3, -0.25) is 9.59 Å². The number of benzene rings is 3. The molecule has 0 saturated carbocycles. The Morgan fingerprint density at radius 2 is 1.38 bits per heavy atom. The third-order valence-corrected chi connectivity index (χ3v) is 5.98. The minimum Gasteiger partial charge on any atom is -0.484 e. The van der Waals surface area contributed by atoms with Gasteiger partial charge in [-0.2, -0.15) is 0 Å². The quantitative estimate of drug-likeness (QED) is 0.389. The third-order valence-electron chi connectivity index (χ3n) is 5.98. The molecule has 0 atom stereocenters. The van der Waals surface area contributed by atoms with Crippen molar-refractivity contribution >= 4 is 23.2 Å². The minimum absolute atomic E-state index is 0.113. The van der Waals surface area contributed by atoms with E-state index >= 15 is 0 Å². The first-order chi connectivity index (χ1) is 16.2. The van der Waals surface area contributed by atoms with Gasteiger partial charge in [-0.05, 0) is 78.3 Å². The van der Waals surface area contributed by atoms with Gasteiger partial charge in [0, 0.05) is 16.9 Å². The van der Waals surface area contributed by atoms with Crippen LogP contribution in [0.2, 0.25) is 0 Å². The van der Waals surface area contributed by atoms with Gasteiger partial charge in [0.15, 0.2) is 6.61 Å². The van der Waals surface area contributed by atoms with Crippen LogP contribution in [0.3, 0.4) is 0 Å². The molecule has 0 bridgehead atoms. The van der Waals surface area contributed by atoms with Crippen molar-refractivity contribution in [3.63, 3.8) is 0 Å². The number of aryl methyl sites for hydroxylation is 1. The number of carbonyl (C=O) groups excluding carboxylic acids is 2. The van der Waals surface area contributed by atoms with Crippen LogP contribution in [0.25, 0.3) is 0 Å². The zero-order valence-electron chi connectivity index (χ0n) is 20.9. The van der Waals surface area contributed by atoms with Gasteiger partial charge < -0.3 is 15.4 Å². The first kappa shape index (κ1) is 25.0. The maximum absolute atomic E-state index is 13.0. The molecule has 3 rings (SSSR count). The SMILES string of the molecule is Cc1cccc(NC(=O)COc2ccc(C(=O)Nc3c(C(C)C)cccc3C(C)C)cc2)c1C. The highest BCUT2D eigenvalue weighted by molar-refractivity contribution is 6.05. The van der Waals surface area contributed by atoms with E-state index in [0.717, 1.165) is 33.6 Å². The monoisotopic (exact) mass is 458 g/mol. The molecule has 3 aromatic rings. The van der Waals surface area contributed by atoms with E-state index in [2.05, 4.69) is 50.5 Å². The van der Waals surface area contributed by atoms with E-state index < -0.39 is 0 Å². The molecule has 0 fully saturated rings. The summed E-state index contributed by atoms with van der Waals surface area (Å²) in [7, 11) is 0. The van der Waals surface area contributed by atoms with Gasteiger partial charge in [0.1, 0.15) is 5.75 Å². The molecule has 178 valence electrons. The minimum atomic E-state index is -0.234. The number of hydrogen-bond acceptors (Lipinski definition) is 3.